The molecule has 3 amide bonds. The van der Waals surface area contributed by atoms with E-state index in [1.165, 1.54) is 11.3 Å². The molecule has 1 aromatic heterocycles. The van der Waals surface area contributed by atoms with E-state index in [2.05, 4.69) is 10.6 Å². The molecule has 4 atom stereocenters. The molecule has 2 fully saturated rings. The molecule has 2 aliphatic carbocycles. The second kappa shape index (κ2) is 7.68. The fourth-order valence-electron chi connectivity index (χ4n) is 4.34. The fourth-order valence-corrected chi connectivity index (χ4v) is 5.40. The van der Waals surface area contributed by atoms with E-state index in [0.717, 1.165) is 11.3 Å². The van der Waals surface area contributed by atoms with Crippen molar-refractivity contribution in [2.75, 3.05) is 18.5 Å². The van der Waals surface area contributed by atoms with Gasteiger partial charge >= 0.3 is 5.97 Å². The first-order valence-electron chi connectivity index (χ1n) is 9.29. The number of hydrogen-bond donors (Lipinski definition) is 2. The number of carbonyl (C=O) groups is 4. The van der Waals surface area contributed by atoms with Crippen molar-refractivity contribution < 1.29 is 23.9 Å². The molecule has 0 spiro atoms. The normalized spacial score (nSPS) is 26.6. The summed E-state index contributed by atoms with van der Waals surface area (Å²) in [5, 5.41) is 7.37. The summed E-state index contributed by atoms with van der Waals surface area (Å²) in [5.41, 5.74) is 0.314. The molecule has 2 heterocycles. The van der Waals surface area contributed by atoms with Crippen molar-refractivity contribution in [3.63, 3.8) is 0 Å². The Balaban J connectivity index is 1.34. The molecule has 2 bridgehead atoms. The largest absolute Gasteiger partial charge is 0.462 e. The summed E-state index contributed by atoms with van der Waals surface area (Å²) in [6.07, 6.45) is 4.84. The van der Waals surface area contributed by atoms with Crippen LogP contribution in [0.3, 0.4) is 0 Å². The molecule has 1 saturated carbocycles. The number of nitrogens with zero attached hydrogens (tertiary/aromatic N) is 1. The first-order valence-corrected chi connectivity index (χ1v) is 10.6. The number of imide groups is 1. The average molecular weight is 434 g/mol. The Labute approximate surface area is 176 Å². The minimum absolute atomic E-state index is 0.0241. The van der Waals surface area contributed by atoms with Gasteiger partial charge < -0.3 is 15.4 Å². The Morgan fingerprint density at radius 2 is 1.90 bits per heavy atom. The number of thiocarbonyl (C=S) groups is 1. The summed E-state index contributed by atoms with van der Waals surface area (Å²) in [4.78, 5) is 50.6. The molecule has 152 valence electrons. The molecule has 1 saturated heterocycles. The average Bonchev–Trinajstić information content (AvgIpc) is 3.43. The van der Waals surface area contributed by atoms with Crippen LogP contribution in [0.2, 0.25) is 0 Å². The number of anilines is 1. The van der Waals surface area contributed by atoms with Crippen LogP contribution in [0.5, 0.6) is 0 Å². The van der Waals surface area contributed by atoms with Crippen molar-refractivity contribution in [2.24, 2.45) is 23.7 Å². The van der Waals surface area contributed by atoms with Crippen molar-refractivity contribution in [1.29, 1.82) is 0 Å². The van der Waals surface area contributed by atoms with Crippen LogP contribution in [0.25, 0.3) is 0 Å². The molecule has 8 nitrogen and oxygen atoms in total. The third-order valence-corrected chi connectivity index (χ3v) is 6.54. The molecule has 10 heteroatoms. The van der Waals surface area contributed by atoms with Crippen molar-refractivity contribution in [1.82, 2.24) is 10.2 Å². The molecule has 4 unspecified atom stereocenters. The zero-order valence-electron chi connectivity index (χ0n) is 15.5. The van der Waals surface area contributed by atoms with Gasteiger partial charge in [0, 0.05) is 0 Å². The highest BCUT2D eigenvalue weighted by atomic mass is 32.1. The van der Waals surface area contributed by atoms with E-state index in [1.54, 1.807) is 18.4 Å². The van der Waals surface area contributed by atoms with Gasteiger partial charge in [0.15, 0.2) is 5.11 Å². The lowest BCUT2D eigenvalue weighted by atomic mass is 9.85. The first kappa shape index (κ1) is 19.7. The minimum Gasteiger partial charge on any atom is -0.462 e. The zero-order chi connectivity index (χ0) is 20.7. The molecule has 4 rings (SSSR count). The SMILES string of the molecule is CCOC(=O)c1ccsc1NC(=S)NC(=O)CN1C(=O)C2C3C=CC(C3)C2C1=O. The van der Waals surface area contributed by atoms with Crippen LogP contribution in [0, 0.1) is 23.7 Å². The number of allylic oxidation sites excluding steroid dienone is 2. The maximum Gasteiger partial charge on any atom is 0.341 e. The molecule has 1 aliphatic heterocycles. The van der Waals surface area contributed by atoms with Crippen molar-refractivity contribution in [3.05, 3.63) is 29.2 Å². The van der Waals surface area contributed by atoms with E-state index in [0.29, 0.717) is 10.6 Å². The standard InChI is InChI=1S/C19H19N3O5S2/c1-2-27-18(26)11-5-6-29-15(11)21-19(28)20-12(23)8-22-16(24)13-9-3-4-10(7-9)14(13)17(22)25/h3-6,9-10,13-14H,2,7-8H2,1H3,(H2,20,21,23,28). The smallest absolute Gasteiger partial charge is 0.341 e. The van der Waals surface area contributed by atoms with Crippen LogP contribution in [-0.2, 0) is 19.1 Å². The Morgan fingerprint density at radius 3 is 2.52 bits per heavy atom. The van der Waals surface area contributed by atoms with Gasteiger partial charge in [-0.05, 0) is 48.8 Å². The highest BCUT2D eigenvalue weighted by Gasteiger charge is 2.59. The fraction of sp³-hybridized carbons (Fsp3) is 0.421. The summed E-state index contributed by atoms with van der Waals surface area (Å²) < 4.78 is 4.97. The number of ether oxygens (including phenoxy) is 1. The minimum atomic E-state index is -0.571. The van der Waals surface area contributed by atoms with Gasteiger partial charge in [0.05, 0.1) is 24.0 Å². The van der Waals surface area contributed by atoms with Gasteiger partial charge in [-0.25, -0.2) is 4.79 Å². The lowest BCUT2D eigenvalue weighted by molar-refractivity contribution is -0.144. The summed E-state index contributed by atoms with van der Waals surface area (Å²) in [6, 6.07) is 1.60. The van der Waals surface area contributed by atoms with Crippen LogP contribution >= 0.6 is 23.6 Å². The number of thiophene rings is 1. The second-order valence-corrected chi connectivity index (χ2v) is 8.47. The third-order valence-electron chi connectivity index (χ3n) is 5.50. The number of carbonyl (C=O) groups excluding carboxylic acids is 4. The predicted octanol–water partition coefficient (Wildman–Crippen LogP) is 1.54. The number of esters is 1. The Morgan fingerprint density at radius 1 is 1.24 bits per heavy atom. The molecule has 1 aromatic rings. The van der Waals surface area contributed by atoms with Crippen LogP contribution in [0.15, 0.2) is 23.6 Å². The van der Waals surface area contributed by atoms with Crippen molar-refractivity contribution in [3.8, 4) is 0 Å². The topological polar surface area (TPSA) is 105 Å². The van der Waals surface area contributed by atoms with Gasteiger partial charge in [0.1, 0.15) is 11.5 Å². The second-order valence-electron chi connectivity index (χ2n) is 7.15. The number of amides is 3. The molecular weight excluding hydrogens is 414 g/mol. The zero-order valence-corrected chi connectivity index (χ0v) is 17.2. The third kappa shape index (κ3) is 3.46. The molecule has 0 aromatic carbocycles. The Kier molecular flexibility index (Phi) is 5.22. The highest BCUT2D eigenvalue weighted by molar-refractivity contribution is 7.80. The summed E-state index contributed by atoms with van der Waals surface area (Å²) >= 11 is 6.36. The number of fused-ring (bicyclic) bond motifs is 5. The number of hydrogen-bond acceptors (Lipinski definition) is 7. The van der Waals surface area contributed by atoms with Crippen molar-refractivity contribution in [2.45, 2.75) is 13.3 Å². The van der Waals surface area contributed by atoms with Crippen LogP contribution in [0.1, 0.15) is 23.7 Å². The Bertz CT molecular complexity index is 910. The summed E-state index contributed by atoms with van der Waals surface area (Å²) in [5.74, 6) is -2.12. The summed E-state index contributed by atoms with van der Waals surface area (Å²) in [6.45, 7) is 1.58. The van der Waals surface area contributed by atoms with Gasteiger partial charge in [0.25, 0.3) is 0 Å². The number of likely N-dealkylation sites (tertiary alicyclic amines) is 1. The van der Waals surface area contributed by atoms with Crippen molar-refractivity contribution >= 4 is 57.4 Å². The Hall–Kier alpha value is -2.59. The lowest BCUT2D eigenvalue weighted by Gasteiger charge is -2.17. The van der Waals surface area contributed by atoms with E-state index < -0.39 is 11.9 Å². The maximum absolute atomic E-state index is 12.6. The van der Waals surface area contributed by atoms with Gasteiger partial charge in [-0.2, -0.15) is 0 Å². The van der Waals surface area contributed by atoms with Gasteiger partial charge in [-0.1, -0.05) is 12.2 Å². The highest BCUT2D eigenvalue weighted by Crippen LogP contribution is 2.52. The molecule has 0 radical (unpaired) electrons. The van der Waals surface area contributed by atoms with Gasteiger partial charge in [-0.3, -0.25) is 19.3 Å². The van der Waals surface area contributed by atoms with E-state index >= 15 is 0 Å². The van der Waals surface area contributed by atoms with Crippen LogP contribution < -0.4 is 10.6 Å². The molecule has 3 aliphatic rings. The quantitative estimate of drug-likeness (QED) is 0.314. The van der Waals surface area contributed by atoms with Crippen LogP contribution in [-0.4, -0.2) is 46.9 Å². The van der Waals surface area contributed by atoms with E-state index in [1.807, 2.05) is 12.2 Å². The summed E-state index contributed by atoms with van der Waals surface area (Å²) in [7, 11) is 0. The molecule has 2 N–H and O–H groups in total. The molecular formula is C19H19N3O5S2. The van der Waals surface area contributed by atoms with E-state index in [9.17, 15) is 19.2 Å². The lowest BCUT2D eigenvalue weighted by Crippen LogP contribution is -2.44. The van der Waals surface area contributed by atoms with Gasteiger partial charge in [0.2, 0.25) is 17.7 Å². The van der Waals surface area contributed by atoms with Crippen LogP contribution in [0.4, 0.5) is 5.00 Å². The molecule has 29 heavy (non-hydrogen) atoms. The predicted molar refractivity (Wildman–Crippen MR) is 109 cm³/mol. The van der Waals surface area contributed by atoms with Gasteiger partial charge in [-0.15, -0.1) is 11.3 Å². The number of rotatable bonds is 5. The first-order chi connectivity index (χ1) is 13.9. The van der Waals surface area contributed by atoms with E-state index in [4.69, 9.17) is 17.0 Å². The number of nitrogens with one attached hydrogen (secondary N) is 2. The monoisotopic (exact) mass is 433 g/mol. The van der Waals surface area contributed by atoms with E-state index in [-0.39, 0.29) is 53.8 Å². The maximum atomic E-state index is 12.6.